The molecule has 0 unspecified atom stereocenters. The molecule has 0 aliphatic heterocycles. The maximum absolute atomic E-state index is 11.8. The molecule has 1 amide bonds. The second-order valence-electron chi connectivity index (χ2n) is 3.37. The summed E-state index contributed by atoms with van der Waals surface area (Å²) in [5.41, 5.74) is 0.860. The van der Waals surface area contributed by atoms with E-state index in [4.69, 9.17) is 10.5 Å². The number of nitrogens with zero attached hydrogens (tertiary/aromatic N) is 3. The molecule has 1 aromatic carbocycles. The van der Waals surface area contributed by atoms with Gasteiger partial charge in [0.2, 0.25) is 5.91 Å². The number of hydrogen-bond donors (Lipinski definition) is 0. The standard InChI is InChI=1S/C12H10BrN3O/c13-11-3-1-10(2-4-11)9-12(17)16(7-5-14)8-6-15/h1-4H,7-9H2. The molecule has 0 spiro atoms. The summed E-state index contributed by atoms with van der Waals surface area (Å²) in [5, 5.41) is 17.1. The average molecular weight is 292 g/mol. The zero-order valence-corrected chi connectivity index (χ0v) is 10.6. The zero-order chi connectivity index (χ0) is 12.7. The van der Waals surface area contributed by atoms with Gasteiger partial charge in [0, 0.05) is 4.47 Å². The van der Waals surface area contributed by atoms with E-state index in [-0.39, 0.29) is 25.4 Å². The molecule has 0 saturated carbocycles. The number of carbonyl (C=O) groups is 1. The van der Waals surface area contributed by atoms with Gasteiger partial charge in [0.15, 0.2) is 0 Å². The molecular formula is C12H10BrN3O. The summed E-state index contributed by atoms with van der Waals surface area (Å²) in [5.74, 6) is -0.213. The minimum Gasteiger partial charge on any atom is -0.316 e. The van der Waals surface area contributed by atoms with Gasteiger partial charge in [-0.1, -0.05) is 28.1 Å². The Bertz CT molecular complexity index is 454. The molecule has 1 rings (SSSR count). The van der Waals surface area contributed by atoms with Crippen LogP contribution >= 0.6 is 15.9 Å². The van der Waals surface area contributed by atoms with Crippen molar-refractivity contribution in [3.05, 3.63) is 34.3 Å². The van der Waals surface area contributed by atoms with Crippen LogP contribution in [-0.4, -0.2) is 23.9 Å². The zero-order valence-electron chi connectivity index (χ0n) is 9.06. The van der Waals surface area contributed by atoms with Crippen molar-refractivity contribution < 1.29 is 4.79 Å². The molecule has 0 heterocycles. The normalized spacial score (nSPS) is 9.12. The second-order valence-corrected chi connectivity index (χ2v) is 4.28. The van der Waals surface area contributed by atoms with Gasteiger partial charge in [-0.25, -0.2) is 0 Å². The topological polar surface area (TPSA) is 67.9 Å². The summed E-state index contributed by atoms with van der Waals surface area (Å²) >= 11 is 3.31. The Balaban J connectivity index is 2.67. The fraction of sp³-hybridized carbons (Fsp3) is 0.250. The van der Waals surface area contributed by atoms with Crippen molar-refractivity contribution in [2.24, 2.45) is 0 Å². The average Bonchev–Trinajstić information content (AvgIpc) is 2.32. The maximum atomic E-state index is 11.8. The highest BCUT2D eigenvalue weighted by atomic mass is 79.9. The van der Waals surface area contributed by atoms with Crippen LogP contribution in [0.3, 0.4) is 0 Å². The van der Waals surface area contributed by atoms with Crippen molar-refractivity contribution in [2.75, 3.05) is 13.1 Å². The monoisotopic (exact) mass is 291 g/mol. The molecule has 0 aromatic heterocycles. The Hall–Kier alpha value is -1.85. The van der Waals surface area contributed by atoms with E-state index in [1.807, 2.05) is 36.4 Å². The molecule has 0 atom stereocenters. The SMILES string of the molecule is N#CCN(CC#N)C(=O)Cc1ccc(Br)cc1. The lowest BCUT2D eigenvalue weighted by Gasteiger charge is -2.15. The van der Waals surface area contributed by atoms with Gasteiger partial charge in [0.1, 0.15) is 13.1 Å². The predicted octanol–water partition coefficient (Wildman–Crippen LogP) is 1.87. The lowest BCUT2D eigenvalue weighted by atomic mass is 10.1. The van der Waals surface area contributed by atoms with Gasteiger partial charge in [0.05, 0.1) is 18.6 Å². The summed E-state index contributed by atoms with van der Waals surface area (Å²) in [6, 6.07) is 11.1. The van der Waals surface area contributed by atoms with Crippen LogP contribution in [0, 0.1) is 22.7 Å². The number of carbonyl (C=O) groups excluding carboxylic acids is 1. The van der Waals surface area contributed by atoms with Crippen molar-refractivity contribution in [3.8, 4) is 12.1 Å². The van der Waals surface area contributed by atoms with Crippen molar-refractivity contribution in [3.63, 3.8) is 0 Å². The number of rotatable bonds is 4. The highest BCUT2D eigenvalue weighted by molar-refractivity contribution is 9.10. The molecule has 0 radical (unpaired) electrons. The van der Waals surface area contributed by atoms with E-state index in [1.54, 1.807) is 0 Å². The number of halogens is 1. The van der Waals surface area contributed by atoms with Crippen LogP contribution in [-0.2, 0) is 11.2 Å². The second kappa shape index (κ2) is 6.67. The van der Waals surface area contributed by atoms with Gasteiger partial charge in [-0.2, -0.15) is 10.5 Å². The lowest BCUT2D eigenvalue weighted by molar-refractivity contribution is -0.129. The highest BCUT2D eigenvalue weighted by Gasteiger charge is 2.12. The molecule has 0 saturated heterocycles. The number of benzene rings is 1. The lowest BCUT2D eigenvalue weighted by Crippen LogP contribution is -2.33. The summed E-state index contributed by atoms with van der Waals surface area (Å²) in [6.45, 7) is -0.105. The predicted molar refractivity (Wildman–Crippen MR) is 65.7 cm³/mol. The van der Waals surface area contributed by atoms with E-state index in [0.717, 1.165) is 10.0 Å². The molecular weight excluding hydrogens is 282 g/mol. The van der Waals surface area contributed by atoms with Gasteiger partial charge < -0.3 is 4.90 Å². The molecule has 5 heteroatoms. The van der Waals surface area contributed by atoms with Crippen molar-refractivity contribution in [2.45, 2.75) is 6.42 Å². The molecule has 86 valence electrons. The molecule has 0 bridgehead atoms. The quantitative estimate of drug-likeness (QED) is 0.795. The first kappa shape index (κ1) is 13.2. The van der Waals surface area contributed by atoms with E-state index in [9.17, 15) is 4.79 Å². The van der Waals surface area contributed by atoms with Gasteiger partial charge in [-0.05, 0) is 17.7 Å². The van der Waals surface area contributed by atoms with Gasteiger partial charge >= 0.3 is 0 Å². The molecule has 1 aromatic rings. The Labute approximate surface area is 108 Å². The van der Waals surface area contributed by atoms with Crippen LogP contribution in [0.1, 0.15) is 5.56 Å². The molecule has 17 heavy (non-hydrogen) atoms. The minimum atomic E-state index is -0.213. The molecule has 4 nitrogen and oxygen atoms in total. The smallest absolute Gasteiger partial charge is 0.228 e. The van der Waals surface area contributed by atoms with Crippen molar-refractivity contribution >= 4 is 21.8 Å². The van der Waals surface area contributed by atoms with Crippen LogP contribution in [0.25, 0.3) is 0 Å². The highest BCUT2D eigenvalue weighted by Crippen LogP contribution is 2.11. The fourth-order valence-electron chi connectivity index (χ4n) is 1.29. The van der Waals surface area contributed by atoms with Crippen LogP contribution in [0.5, 0.6) is 0 Å². The summed E-state index contributed by atoms with van der Waals surface area (Å²) < 4.78 is 0.944. The number of nitriles is 2. The summed E-state index contributed by atoms with van der Waals surface area (Å²) in [6.07, 6.45) is 0.205. The molecule has 0 fully saturated rings. The summed E-state index contributed by atoms with van der Waals surface area (Å²) in [4.78, 5) is 13.0. The first-order chi connectivity index (χ1) is 8.17. The third-order valence-corrected chi connectivity index (χ3v) is 2.67. The van der Waals surface area contributed by atoms with Crippen LogP contribution in [0.2, 0.25) is 0 Å². The molecule has 0 N–H and O–H groups in total. The minimum absolute atomic E-state index is 0.0527. The fourth-order valence-corrected chi connectivity index (χ4v) is 1.56. The number of hydrogen-bond acceptors (Lipinski definition) is 3. The van der Waals surface area contributed by atoms with E-state index >= 15 is 0 Å². The van der Waals surface area contributed by atoms with Gasteiger partial charge in [-0.3, -0.25) is 4.79 Å². The molecule has 0 aliphatic rings. The molecule has 0 aliphatic carbocycles. The third-order valence-electron chi connectivity index (χ3n) is 2.14. The van der Waals surface area contributed by atoms with E-state index in [0.29, 0.717) is 0 Å². The maximum Gasteiger partial charge on any atom is 0.228 e. The van der Waals surface area contributed by atoms with Crippen molar-refractivity contribution in [1.82, 2.24) is 4.90 Å². The Morgan fingerprint density at radius 3 is 2.18 bits per heavy atom. The summed E-state index contributed by atoms with van der Waals surface area (Å²) in [7, 11) is 0. The van der Waals surface area contributed by atoms with Crippen LogP contribution in [0.4, 0.5) is 0 Å². The van der Waals surface area contributed by atoms with Crippen molar-refractivity contribution in [1.29, 1.82) is 10.5 Å². The van der Waals surface area contributed by atoms with E-state index in [1.165, 1.54) is 4.90 Å². The Morgan fingerprint density at radius 2 is 1.71 bits per heavy atom. The van der Waals surface area contributed by atoms with Gasteiger partial charge in [-0.15, -0.1) is 0 Å². The van der Waals surface area contributed by atoms with E-state index in [2.05, 4.69) is 15.9 Å². The Kier molecular flexibility index (Phi) is 5.19. The van der Waals surface area contributed by atoms with Gasteiger partial charge in [0.25, 0.3) is 0 Å². The number of amides is 1. The first-order valence-electron chi connectivity index (χ1n) is 4.93. The largest absolute Gasteiger partial charge is 0.316 e. The third kappa shape index (κ3) is 4.26. The van der Waals surface area contributed by atoms with Crippen LogP contribution < -0.4 is 0 Å². The Morgan fingerprint density at radius 1 is 1.18 bits per heavy atom. The van der Waals surface area contributed by atoms with Crippen LogP contribution in [0.15, 0.2) is 28.7 Å². The van der Waals surface area contributed by atoms with E-state index < -0.39 is 0 Å². The first-order valence-corrected chi connectivity index (χ1v) is 5.72.